The molecule has 1 aromatic heterocycles. The van der Waals surface area contributed by atoms with Gasteiger partial charge in [-0.25, -0.2) is 0 Å². The Kier molecular flexibility index (Phi) is 2.63. The van der Waals surface area contributed by atoms with E-state index in [0.29, 0.717) is 5.92 Å². The molecular weight excluding hydrogens is 222 g/mol. The molecule has 1 N–H and O–H groups in total. The number of pyridine rings is 1. The fourth-order valence-electron chi connectivity index (χ4n) is 2.52. The predicted molar refractivity (Wildman–Crippen MR) is 73.7 cm³/mol. The van der Waals surface area contributed by atoms with Gasteiger partial charge in [0.25, 0.3) is 0 Å². The van der Waals surface area contributed by atoms with E-state index in [1.165, 1.54) is 21.9 Å². The summed E-state index contributed by atoms with van der Waals surface area (Å²) >= 11 is 0. The second kappa shape index (κ2) is 4.06. The number of benzene rings is 1. The van der Waals surface area contributed by atoms with Gasteiger partial charge in [-0.15, -0.1) is 0 Å². The number of fused-ring (bicyclic) bond motifs is 1. The van der Waals surface area contributed by atoms with Crippen molar-refractivity contribution >= 4 is 10.8 Å². The largest absolute Gasteiger partial charge is 0.390 e. The third-order valence-corrected chi connectivity index (χ3v) is 3.84. The first kappa shape index (κ1) is 11.7. The zero-order valence-electron chi connectivity index (χ0n) is 11.0. The molecule has 2 nitrogen and oxygen atoms in total. The van der Waals surface area contributed by atoms with Gasteiger partial charge in [0.15, 0.2) is 0 Å². The SMILES string of the molecule is CC(C)c1cncc2cc(CC3(O)CC3)ccc12. The number of hydrogen-bond acceptors (Lipinski definition) is 2. The van der Waals surface area contributed by atoms with Crippen LogP contribution in [-0.4, -0.2) is 15.7 Å². The van der Waals surface area contributed by atoms with E-state index in [1.54, 1.807) is 0 Å². The van der Waals surface area contributed by atoms with Crippen LogP contribution in [0.15, 0.2) is 30.6 Å². The molecule has 1 heterocycles. The lowest BCUT2D eigenvalue weighted by Gasteiger charge is -2.12. The van der Waals surface area contributed by atoms with Crippen LogP contribution in [0.25, 0.3) is 10.8 Å². The van der Waals surface area contributed by atoms with E-state index in [4.69, 9.17) is 0 Å². The Morgan fingerprint density at radius 2 is 2.06 bits per heavy atom. The molecule has 0 atom stereocenters. The third-order valence-electron chi connectivity index (χ3n) is 3.84. The lowest BCUT2D eigenvalue weighted by molar-refractivity contribution is 0.151. The summed E-state index contributed by atoms with van der Waals surface area (Å²) < 4.78 is 0. The molecule has 18 heavy (non-hydrogen) atoms. The maximum absolute atomic E-state index is 9.98. The maximum Gasteiger partial charge on any atom is 0.0690 e. The standard InChI is InChI=1S/C16H19NO/c1-11(2)15-10-17-9-13-7-12(3-4-14(13)15)8-16(18)5-6-16/h3-4,7,9-11,18H,5-6,8H2,1-2H3. The van der Waals surface area contributed by atoms with Gasteiger partial charge >= 0.3 is 0 Å². The van der Waals surface area contributed by atoms with Crippen LogP contribution >= 0.6 is 0 Å². The predicted octanol–water partition coefficient (Wildman–Crippen LogP) is 3.43. The lowest BCUT2D eigenvalue weighted by Crippen LogP contribution is -2.10. The highest BCUT2D eigenvalue weighted by Crippen LogP contribution is 2.38. The highest BCUT2D eigenvalue weighted by molar-refractivity contribution is 5.85. The molecule has 94 valence electrons. The van der Waals surface area contributed by atoms with Crippen molar-refractivity contribution < 1.29 is 5.11 Å². The normalized spacial score (nSPS) is 17.3. The average molecular weight is 241 g/mol. The average Bonchev–Trinajstić information content (AvgIpc) is 3.05. The van der Waals surface area contributed by atoms with Crippen molar-refractivity contribution in [1.82, 2.24) is 4.98 Å². The second-order valence-electron chi connectivity index (χ2n) is 5.84. The lowest BCUT2D eigenvalue weighted by atomic mass is 9.96. The van der Waals surface area contributed by atoms with Crippen LogP contribution in [0.2, 0.25) is 0 Å². The fourth-order valence-corrected chi connectivity index (χ4v) is 2.52. The zero-order chi connectivity index (χ0) is 12.8. The van der Waals surface area contributed by atoms with E-state index in [1.807, 2.05) is 12.4 Å². The third kappa shape index (κ3) is 2.13. The highest BCUT2D eigenvalue weighted by atomic mass is 16.3. The van der Waals surface area contributed by atoms with Gasteiger partial charge in [0, 0.05) is 24.2 Å². The molecule has 0 bridgehead atoms. The van der Waals surface area contributed by atoms with Gasteiger partial charge in [0.1, 0.15) is 0 Å². The summed E-state index contributed by atoms with van der Waals surface area (Å²) in [6.45, 7) is 4.38. The minimum absolute atomic E-state index is 0.420. The molecular formula is C16H19NO. The monoisotopic (exact) mass is 241 g/mol. The summed E-state index contributed by atoms with van der Waals surface area (Å²) in [6, 6.07) is 6.49. The quantitative estimate of drug-likeness (QED) is 0.893. The molecule has 3 rings (SSSR count). The summed E-state index contributed by atoms with van der Waals surface area (Å²) in [6.07, 6.45) is 6.53. The van der Waals surface area contributed by atoms with Crippen molar-refractivity contribution in [1.29, 1.82) is 0 Å². The number of rotatable bonds is 3. The van der Waals surface area contributed by atoms with Crippen molar-refractivity contribution in [2.45, 2.75) is 44.6 Å². The van der Waals surface area contributed by atoms with Crippen molar-refractivity contribution in [3.63, 3.8) is 0 Å². The minimum atomic E-state index is -0.420. The number of nitrogens with zero attached hydrogens (tertiary/aromatic N) is 1. The summed E-state index contributed by atoms with van der Waals surface area (Å²) in [5.74, 6) is 0.486. The molecule has 0 unspecified atom stereocenters. The molecule has 0 amide bonds. The summed E-state index contributed by atoms with van der Waals surface area (Å²) in [7, 11) is 0. The van der Waals surface area contributed by atoms with Gasteiger partial charge in [-0.05, 0) is 41.3 Å². The first-order valence-corrected chi connectivity index (χ1v) is 6.66. The summed E-state index contributed by atoms with van der Waals surface area (Å²) in [4.78, 5) is 4.32. The second-order valence-corrected chi connectivity index (χ2v) is 5.84. The Morgan fingerprint density at radius 3 is 2.72 bits per heavy atom. The van der Waals surface area contributed by atoms with Crippen LogP contribution in [0.5, 0.6) is 0 Å². The Balaban J connectivity index is 2.02. The van der Waals surface area contributed by atoms with Gasteiger partial charge in [-0.2, -0.15) is 0 Å². The zero-order valence-corrected chi connectivity index (χ0v) is 11.0. The topological polar surface area (TPSA) is 33.1 Å². The fraction of sp³-hybridized carbons (Fsp3) is 0.438. The first-order chi connectivity index (χ1) is 8.57. The van der Waals surface area contributed by atoms with Crippen molar-refractivity contribution in [2.75, 3.05) is 0 Å². The first-order valence-electron chi connectivity index (χ1n) is 6.66. The molecule has 2 heteroatoms. The van der Waals surface area contributed by atoms with E-state index >= 15 is 0 Å². The van der Waals surface area contributed by atoms with Crippen molar-refractivity contribution in [3.05, 3.63) is 41.7 Å². The Hall–Kier alpha value is -1.41. The van der Waals surface area contributed by atoms with Crippen LogP contribution in [0, 0.1) is 0 Å². The van der Waals surface area contributed by atoms with Crippen LogP contribution in [-0.2, 0) is 6.42 Å². The van der Waals surface area contributed by atoms with E-state index in [-0.39, 0.29) is 0 Å². The van der Waals surface area contributed by atoms with E-state index in [0.717, 1.165) is 19.3 Å². The molecule has 1 aliphatic carbocycles. The van der Waals surface area contributed by atoms with Crippen LogP contribution in [0.1, 0.15) is 43.7 Å². The molecule has 2 aromatic rings. The van der Waals surface area contributed by atoms with Gasteiger partial charge in [-0.1, -0.05) is 26.0 Å². The molecule has 1 aromatic carbocycles. The maximum atomic E-state index is 9.98. The Bertz CT molecular complexity index is 585. The van der Waals surface area contributed by atoms with Gasteiger partial charge in [-0.3, -0.25) is 4.98 Å². The number of aliphatic hydroxyl groups is 1. The molecule has 1 aliphatic rings. The highest BCUT2D eigenvalue weighted by Gasteiger charge is 2.40. The molecule has 0 radical (unpaired) electrons. The molecule has 1 saturated carbocycles. The summed E-state index contributed by atoms with van der Waals surface area (Å²) in [5.41, 5.74) is 2.09. The van der Waals surface area contributed by atoms with Gasteiger partial charge < -0.3 is 5.11 Å². The molecule has 0 aliphatic heterocycles. The Morgan fingerprint density at radius 1 is 1.28 bits per heavy atom. The van der Waals surface area contributed by atoms with Crippen LogP contribution < -0.4 is 0 Å². The van der Waals surface area contributed by atoms with Crippen molar-refractivity contribution in [3.8, 4) is 0 Å². The number of hydrogen-bond donors (Lipinski definition) is 1. The Labute approximate surface area is 108 Å². The smallest absolute Gasteiger partial charge is 0.0690 e. The van der Waals surface area contributed by atoms with E-state index in [2.05, 4.69) is 37.0 Å². The minimum Gasteiger partial charge on any atom is -0.390 e. The van der Waals surface area contributed by atoms with Gasteiger partial charge in [0.2, 0.25) is 0 Å². The molecule has 0 saturated heterocycles. The van der Waals surface area contributed by atoms with E-state index < -0.39 is 5.60 Å². The van der Waals surface area contributed by atoms with Crippen molar-refractivity contribution in [2.24, 2.45) is 0 Å². The number of aromatic nitrogens is 1. The van der Waals surface area contributed by atoms with E-state index in [9.17, 15) is 5.11 Å². The van der Waals surface area contributed by atoms with Crippen LogP contribution in [0.4, 0.5) is 0 Å². The van der Waals surface area contributed by atoms with Gasteiger partial charge in [0.05, 0.1) is 5.60 Å². The molecule has 0 spiro atoms. The van der Waals surface area contributed by atoms with Crippen LogP contribution in [0.3, 0.4) is 0 Å². The molecule has 1 fully saturated rings. The summed E-state index contributed by atoms with van der Waals surface area (Å²) in [5, 5.41) is 12.4.